The molecule has 0 radical (unpaired) electrons. The van der Waals surface area contributed by atoms with Crippen LogP contribution in [0.4, 0.5) is 5.69 Å². The molecular weight excluding hydrogens is 366 g/mol. The van der Waals surface area contributed by atoms with E-state index in [9.17, 15) is 14.4 Å². The highest BCUT2D eigenvalue weighted by Gasteiger charge is 2.09. The Balaban J connectivity index is 1.49. The van der Waals surface area contributed by atoms with E-state index in [1.54, 1.807) is 24.3 Å². The number of hydrogen-bond donors (Lipinski definition) is 1. The minimum Gasteiger partial charge on any atom is -0.423 e. The van der Waals surface area contributed by atoms with E-state index in [2.05, 4.69) is 10.3 Å². The maximum Gasteiger partial charge on any atom is 0.336 e. The van der Waals surface area contributed by atoms with Crippen LogP contribution in [0.5, 0.6) is 0 Å². The van der Waals surface area contributed by atoms with Gasteiger partial charge >= 0.3 is 5.63 Å². The molecule has 0 spiro atoms. The van der Waals surface area contributed by atoms with E-state index < -0.39 is 5.63 Å². The number of nitrogens with zero attached hydrogens (tertiary/aromatic N) is 2. The molecular formula is C19H15N3O4S. The molecule has 0 unspecified atom stereocenters. The second-order valence-electron chi connectivity index (χ2n) is 6.14. The summed E-state index contributed by atoms with van der Waals surface area (Å²) in [5, 5.41) is 5.95. The summed E-state index contributed by atoms with van der Waals surface area (Å²) in [5.41, 5.74) is 1.17. The molecule has 4 rings (SSSR count). The molecule has 0 saturated heterocycles. The molecule has 0 saturated carbocycles. The zero-order chi connectivity index (χ0) is 19.0. The van der Waals surface area contributed by atoms with Crippen LogP contribution < -0.4 is 16.5 Å². The standard InChI is InChI=1S/C19H15N3O4S/c1-11-8-17(24)26-15-9-12(2-3-13(11)15)21-16(23)4-6-22-10-20-18-14(19(22)25)5-7-27-18/h2-3,5,7-10H,4,6H2,1H3,(H,21,23). The Morgan fingerprint density at radius 3 is 2.93 bits per heavy atom. The molecule has 7 nitrogen and oxygen atoms in total. The van der Waals surface area contributed by atoms with E-state index in [1.807, 2.05) is 12.3 Å². The predicted molar refractivity (Wildman–Crippen MR) is 104 cm³/mol. The number of aromatic nitrogens is 2. The molecule has 8 heteroatoms. The lowest BCUT2D eigenvalue weighted by Crippen LogP contribution is -2.23. The molecule has 0 fully saturated rings. The zero-order valence-corrected chi connectivity index (χ0v) is 15.2. The first-order valence-electron chi connectivity index (χ1n) is 8.28. The quantitative estimate of drug-likeness (QED) is 0.549. The molecule has 27 heavy (non-hydrogen) atoms. The third-order valence-electron chi connectivity index (χ3n) is 4.27. The lowest BCUT2D eigenvalue weighted by Gasteiger charge is -2.08. The topological polar surface area (TPSA) is 94.2 Å². The van der Waals surface area contributed by atoms with Gasteiger partial charge in [0.15, 0.2) is 0 Å². The van der Waals surface area contributed by atoms with Gasteiger partial charge in [0, 0.05) is 36.2 Å². The van der Waals surface area contributed by atoms with E-state index >= 15 is 0 Å². The predicted octanol–water partition coefficient (Wildman–Crippen LogP) is 2.90. The van der Waals surface area contributed by atoms with E-state index in [1.165, 1.54) is 28.3 Å². The molecule has 1 N–H and O–H groups in total. The fourth-order valence-corrected chi connectivity index (χ4v) is 3.62. The van der Waals surface area contributed by atoms with Crippen LogP contribution in [0.2, 0.25) is 0 Å². The first-order valence-corrected chi connectivity index (χ1v) is 9.16. The second kappa shape index (κ2) is 6.81. The number of fused-ring (bicyclic) bond motifs is 2. The van der Waals surface area contributed by atoms with Crippen molar-refractivity contribution in [3.8, 4) is 0 Å². The van der Waals surface area contributed by atoms with Crippen molar-refractivity contribution in [2.45, 2.75) is 19.9 Å². The molecule has 0 bridgehead atoms. The first-order chi connectivity index (χ1) is 13.0. The third kappa shape index (κ3) is 3.39. The van der Waals surface area contributed by atoms with Crippen LogP contribution >= 0.6 is 11.3 Å². The number of carbonyl (C=O) groups excluding carboxylic acids is 1. The number of aryl methyl sites for hydroxylation is 2. The van der Waals surface area contributed by atoms with Gasteiger partial charge in [-0.25, -0.2) is 9.78 Å². The fourth-order valence-electron chi connectivity index (χ4n) is 2.90. The molecule has 0 aliphatic rings. The number of carbonyl (C=O) groups is 1. The number of thiophene rings is 1. The number of amides is 1. The van der Waals surface area contributed by atoms with Crippen LogP contribution in [0, 0.1) is 6.92 Å². The third-order valence-corrected chi connectivity index (χ3v) is 5.09. The number of nitrogens with one attached hydrogen (secondary N) is 1. The van der Waals surface area contributed by atoms with Crippen LogP contribution in [0.3, 0.4) is 0 Å². The summed E-state index contributed by atoms with van der Waals surface area (Å²) < 4.78 is 6.61. The molecule has 1 aromatic carbocycles. The first kappa shape index (κ1) is 17.2. The van der Waals surface area contributed by atoms with Crippen LogP contribution in [-0.4, -0.2) is 15.5 Å². The summed E-state index contributed by atoms with van der Waals surface area (Å²) in [6.45, 7) is 2.05. The van der Waals surface area contributed by atoms with Crippen LogP contribution in [0.1, 0.15) is 12.0 Å². The number of hydrogen-bond acceptors (Lipinski definition) is 6. The Labute approximate surface area is 156 Å². The largest absolute Gasteiger partial charge is 0.423 e. The lowest BCUT2D eigenvalue weighted by atomic mass is 10.1. The second-order valence-corrected chi connectivity index (χ2v) is 7.03. The van der Waals surface area contributed by atoms with Gasteiger partial charge in [-0.15, -0.1) is 11.3 Å². The Morgan fingerprint density at radius 2 is 2.07 bits per heavy atom. The van der Waals surface area contributed by atoms with E-state index in [-0.39, 0.29) is 24.4 Å². The van der Waals surface area contributed by atoms with E-state index in [0.29, 0.717) is 21.5 Å². The molecule has 3 heterocycles. The lowest BCUT2D eigenvalue weighted by molar-refractivity contribution is -0.116. The summed E-state index contributed by atoms with van der Waals surface area (Å²) in [6.07, 6.45) is 1.58. The van der Waals surface area contributed by atoms with Crippen molar-refractivity contribution >= 4 is 44.1 Å². The maximum absolute atomic E-state index is 12.3. The molecule has 4 aromatic rings. The molecule has 0 aliphatic carbocycles. The Kier molecular flexibility index (Phi) is 4.33. The summed E-state index contributed by atoms with van der Waals surface area (Å²) >= 11 is 1.40. The van der Waals surface area contributed by atoms with Crippen LogP contribution in [0.15, 0.2) is 56.0 Å². The molecule has 0 aliphatic heterocycles. The average molecular weight is 381 g/mol. The van der Waals surface area contributed by atoms with Gasteiger partial charge in [-0.1, -0.05) is 0 Å². The number of anilines is 1. The van der Waals surface area contributed by atoms with Gasteiger partial charge in [-0.05, 0) is 36.1 Å². The van der Waals surface area contributed by atoms with Crippen molar-refractivity contribution in [2.24, 2.45) is 0 Å². The van der Waals surface area contributed by atoms with Gasteiger partial charge in [-0.2, -0.15) is 0 Å². The summed E-state index contributed by atoms with van der Waals surface area (Å²) in [4.78, 5) is 41.0. The van der Waals surface area contributed by atoms with Crippen molar-refractivity contribution in [1.29, 1.82) is 0 Å². The van der Waals surface area contributed by atoms with Gasteiger partial charge in [0.25, 0.3) is 5.56 Å². The van der Waals surface area contributed by atoms with Crippen molar-refractivity contribution in [3.63, 3.8) is 0 Å². The summed E-state index contributed by atoms with van der Waals surface area (Å²) in [5.74, 6) is -0.248. The average Bonchev–Trinajstić information content (AvgIpc) is 3.10. The minimum absolute atomic E-state index is 0.118. The van der Waals surface area contributed by atoms with Crippen molar-refractivity contribution < 1.29 is 9.21 Å². The van der Waals surface area contributed by atoms with Crippen LogP contribution in [0.25, 0.3) is 21.2 Å². The smallest absolute Gasteiger partial charge is 0.336 e. The summed E-state index contributed by atoms with van der Waals surface area (Å²) in [7, 11) is 0. The molecule has 3 aromatic heterocycles. The van der Waals surface area contributed by atoms with Gasteiger partial charge in [0.2, 0.25) is 5.91 Å². The van der Waals surface area contributed by atoms with Crippen molar-refractivity contribution in [2.75, 3.05) is 5.32 Å². The number of rotatable bonds is 4. The van der Waals surface area contributed by atoms with Gasteiger partial charge in [-0.3, -0.25) is 14.2 Å². The maximum atomic E-state index is 12.3. The van der Waals surface area contributed by atoms with E-state index in [0.717, 1.165) is 10.9 Å². The highest BCUT2D eigenvalue weighted by Crippen LogP contribution is 2.21. The Hall–Kier alpha value is -3.26. The Bertz CT molecular complexity index is 1290. The monoisotopic (exact) mass is 381 g/mol. The van der Waals surface area contributed by atoms with Gasteiger partial charge in [0.1, 0.15) is 10.4 Å². The molecule has 136 valence electrons. The molecule has 0 atom stereocenters. The van der Waals surface area contributed by atoms with Gasteiger partial charge in [0.05, 0.1) is 11.7 Å². The highest BCUT2D eigenvalue weighted by molar-refractivity contribution is 7.16. The zero-order valence-electron chi connectivity index (χ0n) is 14.4. The van der Waals surface area contributed by atoms with Crippen molar-refractivity contribution in [3.05, 3.63) is 68.4 Å². The highest BCUT2D eigenvalue weighted by atomic mass is 32.1. The Morgan fingerprint density at radius 1 is 1.22 bits per heavy atom. The summed E-state index contributed by atoms with van der Waals surface area (Å²) in [6, 6.07) is 8.32. The molecule has 1 amide bonds. The van der Waals surface area contributed by atoms with Crippen molar-refractivity contribution in [1.82, 2.24) is 9.55 Å². The number of benzene rings is 1. The van der Waals surface area contributed by atoms with Gasteiger partial charge < -0.3 is 9.73 Å². The normalized spacial score (nSPS) is 11.1. The van der Waals surface area contributed by atoms with E-state index in [4.69, 9.17) is 4.42 Å². The fraction of sp³-hybridized carbons (Fsp3) is 0.158. The minimum atomic E-state index is -0.431. The SMILES string of the molecule is Cc1cc(=O)oc2cc(NC(=O)CCn3cnc4sccc4c3=O)ccc12. The van der Waals surface area contributed by atoms with Crippen LogP contribution in [-0.2, 0) is 11.3 Å².